The van der Waals surface area contributed by atoms with Crippen molar-refractivity contribution in [2.45, 2.75) is 13.0 Å². The van der Waals surface area contributed by atoms with Gasteiger partial charge in [-0.3, -0.25) is 9.59 Å². The molecule has 1 aromatic rings. The van der Waals surface area contributed by atoms with Gasteiger partial charge in [0.25, 0.3) is 0 Å². The van der Waals surface area contributed by atoms with E-state index in [4.69, 9.17) is 10.5 Å². The van der Waals surface area contributed by atoms with E-state index in [1.165, 1.54) is 0 Å². The van der Waals surface area contributed by atoms with E-state index in [-0.39, 0.29) is 0 Å². The molecule has 18 heavy (non-hydrogen) atoms. The molecule has 1 aliphatic heterocycles. The predicted molar refractivity (Wildman–Crippen MR) is 67.7 cm³/mol. The van der Waals surface area contributed by atoms with Crippen molar-refractivity contribution >= 4 is 17.9 Å². The number of aldehydes is 1. The van der Waals surface area contributed by atoms with Gasteiger partial charge in [0.15, 0.2) is 0 Å². The highest BCUT2D eigenvalue weighted by molar-refractivity contribution is 5.85. The van der Waals surface area contributed by atoms with Crippen molar-refractivity contribution in [2.24, 2.45) is 5.73 Å². The minimum atomic E-state index is -0.445. The van der Waals surface area contributed by atoms with E-state index in [0.717, 1.165) is 17.5 Å². The van der Waals surface area contributed by atoms with Gasteiger partial charge in [-0.05, 0) is 30.7 Å². The molecule has 0 aromatic heterocycles. The van der Waals surface area contributed by atoms with E-state index >= 15 is 0 Å². The summed E-state index contributed by atoms with van der Waals surface area (Å²) in [5, 5.41) is 0. The van der Waals surface area contributed by atoms with Crippen molar-refractivity contribution < 1.29 is 14.3 Å². The minimum absolute atomic E-state index is 0.310. The average Bonchev–Trinajstić information content (AvgIpc) is 2.38. The Kier molecular flexibility index (Phi) is 3.62. The summed E-state index contributed by atoms with van der Waals surface area (Å²) >= 11 is 0. The van der Waals surface area contributed by atoms with E-state index in [1.807, 2.05) is 17.9 Å². The second kappa shape index (κ2) is 5.18. The van der Waals surface area contributed by atoms with Crippen LogP contribution >= 0.6 is 0 Å². The first kappa shape index (κ1) is 12.6. The fourth-order valence-electron chi connectivity index (χ4n) is 2.20. The molecular weight excluding hydrogens is 232 g/mol. The van der Waals surface area contributed by atoms with Crippen molar-refractivity contribution in [3.8, 4) is 0 Å². The Morgan fingerprint density at radius 1 is 1.56 bits per heavy atom. The van der Waals surface area contributed by atoms with Crippen LogP contribution in [0, 0.1) is 6.92 Å². The summed E-state index contributed by atoms with van der Waals surface area (Å²) in [6.45, 7) is 3.41. The molecule has 0 radical (unpaired) electrons. The van der Waals surface area contributed by atoms with Crippen LogP contribution in [0.25, 0.3) is 0 Å². The molecule has 1 atom stereocenters. The second-order valence-electron chi connectivity index (χ2n) is 4.35. The summed E-state index contributed by atoms with van der Waals surface area (Å²) in [7, 11) is 0. The van der Waals surface area contributed by atoms with Crippen molar-refractivity contribution in [1.82, 2.24) is 0 Å². The smallest absolute Gasteiger partial charge is 0.242 e. The molecule has 1 saturated heterocycles. The van der Waals surface area contributed by atoms with Crippen LogP contribution in [-0.4, -0.2) is 38.0 Å². The topological polar surface area (TPSA) is 72.6 Å². The minimum Gasteiger partial charge on any atom is -0.377 e. The predicted octanol–water partition coefficient (Wildman–Crippen LogP) is 0.498. The van der Waals surface area contributed by atoms with Crippen LogP contribution in [0.4, 0.5) is 5.69 Å². The number of hydrogen-bond donors (Lipinski definition) is 1. The van der Waals surface area contributed by atoms with E-state index in [2.05, 4.69) is 0 Å². The lowest BCUT2D eigenvalue weighted by atomic mass is 10.1. The van der Waals surface area contributed by atoms with Crippen molar-refractivity contribution in [1.29, 1.82) is 0 Å². The van der Waals surface area contributed by atoms with Gasteiger partial charge in [-0.1, -0.05) is 0 Å². The Bertz CT molecular complexity index is 473. The number of aryl methyl sites for hydroxylation is 1. The summed E-state index contributed by atoms with van der Waals surface area (Å²) < 4.78 is 5.28. The maximum Gasteiger partial charge on any atom is 0.242 e. The molecule has 96 valence electrons. The number of amides is 1. The van der Waals surface area contributed by atoms with Gasteiger partial charge in [-0.25, -0.2) is 0 Å². The van der Waals surface area contributed by atoms with Gasteiger partial charge in [0.2, 0.25) is 5.91 Å². The van der Waals surface area contributed by atoms with Gasteiger partial charge in [0, 0.05) is 17.8 Å². The van der Waals surface area contributed by atoms with E-state index in [1.54, 1.807) is 12.1 Å². The number of carbonyl (C=O) groups is 2. The third-order valence-electron chi connectivity index (χ3n) is 3.12. The van der Waals surface area contributed by atoms with E-state index < -0.39 is 11.9 Å². The lowest BCUT2D eigenvalue weighted by Crippen LogP contribution is -2.52. The molecule has 0 bridgehead atoms. The number of morpholine rings is 1. The van der Waals surface area contributed by atoms with Crippen LogP contribution in [0.2, 0.25) is 0 Å². The molecule has 0 aliphatic carbocycles. The molecule has 5 nitrogen and oxygen atoms in total. The van der Waals surface area contributed by atoms with Crippen LogP contribution in [0.3, 0.4) is 0 Å². The van der Waals surface area contributed by atoms with Crippen LogP contribution in [0.5, 0.6) is 0 Å². The molecular formula is C13H16N2O3. The van der Waals surface area contributed by atoms with Crippen LogP contribution in [-0.2, 0) is 9.53 Å². The normalized spacial score (nSPS) is 19.6. The Morgan fingerprint density at radius 3 is 2.94 bits per heavy atom. The largest absolute Gasteiger partial charge is 0.377 e. The fraction of sp³-hybridized carbons (Fsp3) is 0.385. The molecule has 1 aliphatic rings. The number of nitrogens with zero attached hydrogens (tertiary/aromatic N) is 1. The van der Waals surface area contributed by atoms with Gasteiger partial charge in [0.1, 0.15) is 12.3 Å². The third kappa shape index (κ3) is 2.36. The molecule has 1 heterocycles. The first-order valence-corrected chi connectivity index (χ1v) is 5.83. The Balaban J connectivity index is 2.33. The molecule has 1 amide bonds. The SMILES string of the molecule is Cc1cc(C=O)ccc1N1CCOCC1C(N)=O. The fourth-order valence-corrected chi connectivity index (χ4v) is 2.20. The van der Waals surface area contributed by atoms with Crippen molar-refractivity contribution in [3.63, 3.8) is 0 Å². The maximum absolute atomic E-state index is 11.4. The number of nitrogens with two attached hydrogens (primary N) is 1. The third-order valence-corrected chi connectivity index (χ3v) is 3.12. The Hall–Kier alpha value is -1.88. The molecule has 2 rings (SSSR count). The van der Waals surface area contributed by atoms with Gasteiger partial charge in [0.05, 0.1) is 13.2 Å². The average molecular weight is 248 g/mol. The standard InChI is InChI=1S/C13H16N2O3/c1-9-6-10(7-16)2-3-11(9)15-4-5-18-8-12(15)13(14)17/h2-3,6-7,12H,4-5,8H2,1H3,(H2,14,17). The van der Waals surface area contributed by atoms with Gasteiger partial charge in [-0.2, -0.15) is 0 Å². The van der Waals surface area contributed by atoms with Crippen LogP contribution in [0.15, 0.2) is 18.2 Å². The highest BCUT2D eigenvalue weighted by Gasteiger charge is 2.28. The Morgan fingerprint density at radius 2 is 2.33 bits per heavy atom. The van der Waals surface area contributed by atoms with Crippen molar-refractivity contribution in [2.75, 3.05) is 24.7 Å². The molecule has 0 saturated carbocycles. The molecule has 1 fully saturated rings. The highest BCUT2D eigenvalue weighted by atomic mass is 16.5. The number of ether oxygens (including phenoxy) is 1. The zero-order valence-electron chi connectivity index (χ0n) is 10.3. The number of hydrogen-bond acceptors (Lipinski definition) is 4. The molecule has 0 spiro atoms. The number of rotatable bonds is 3. The van der Waals surface area contributed by atoms with Gasteiger partial charge >= 0.3 is 0 Å². The first-order valence-electron chi connectivity index (χ1n) is 5.83. The summed E-state index contributed by atoms with van der Waals surface area (Å²) in [5.74, 6) is -0.395. The first-order chi connectivity index (χ1) is 8.63. The number of primary amides is 1. The molecule has 1 aromatic carbocycles. The van der Waals surface area contributed by atoms with Gasteiger partial charge in [-0.15, -0.1) is 0 Å². The lowest BCUT2D eigenvalue weighted by Gasteiger charge is -2.36. The molecule has 5 heteroatoms. The lowest BCUT2D eigenvalue weighted by molar-refractivity contribution is -0.121. The summed E-state index contributed by atoms with van der Waals surface area (Å²) in [6, 6.07) is 4.94. The van der Waals surface area contributed by atoms with E-state index in [9.17, 15) is 9.59 Å². The number of anilines is 1. The number of carbonyl (C=O) groups excluding carboxylic acids is 2. The maximum atomic E-state index is 11.4. The summed E-state index contributed by atoms with van der Waals surface area (Å²) in [4.78, 5) is 24.1. The summed E-state index contributed by atoms with van der Waals surface area (Å²) in [6.07, 6.45) is 0.807. The quantitative estimate of drug-likeness (QED) is 0.790. The zero-order valence-corrected chi connectivity index (χ0v) is 10.3. The Labute approximate surface area is 106 Å². The highest BCUT2D eigenvalue weighted by Crippen LogP contribution is 2.24. The van der Waals surface area contributed by atoms with Crippen LogP contribution < -0.4 is 10.6 Å². The molecule has 2 N–H and O–H groups in total. The van der Waals surface area contributed by atoms with Gasteiger partial charge < -0.3 is 15.4 Å². The summed E-state index contributed by atoms with van der Waals surface area (Å²) in [5.41, 5.74) is 7.88. The second-order valence-corrected chi connectivity index (χ2v) is 4.35. The molecule has 1 unspecified atom stereocenters. The van der Waals surface area contributed by atoms with Crippen LogP contribution in [0.1, 0.15) is 15.9 Å². The van der Waals surface area contributed by atoms with Crippen molar-refractivity contribution in [3.05, 3.63) is 29.3 Å². The monoisotopic (exact) mass is 248 g/mol. The number of benzene rings is 1. The van der Waals surface area contributed by atoms with E-state index in [0.29, 0.717) is 25.3 Å². The zero-order chi connectivity index (χ0) is 13.1.